The van der Waals surface area contributed by atoms with E-state index in [0.29, 0.717) is 5.16 Å². The Morgan fingerprint density at radius 2 is 1.52 bits per heavy atom. The average molecular weight is 436 g/mol. The molecule has 0 aliphatic rings. The molecule has 0 unspecified atom stereocenters. The van der Waals surface area contributed by atoms with Crippen LogP contribution in [0.1, 0.15) is 44.1 Å². The van der Waals surface area contributed by atoms with E-state index >= 15 is 0 Å². The molecule has 1 amide bonds. The lowest BCUT2D eigenvalue weighted by Crippen LogP contribution is -2.14. The van der Waals surface area contributed by atoms with Gasteiger partial charge in [-0.25, -0.2) is 9.97 Å². The maximum Gasteiger partial charge on any atom is 0.234 e. The van der Waals surface area contributed by atoms with E-state index in [0.717, 1.165) is 35.0 Å². The van der Waals surface area contributed by atoms with Crippen molar-refractivity contribution < 1.29 is 9.53 Å². The van der Waals surface area contributed by atoms with Gasteiger partial charge in [-0.15, -0.1) is 0 Å². The summed E-state index contributed by atoms with van der Waals surface area (Å²) in [5.41, 5.74) is 3.97. The molecule has 0 aliphatic heterocycles. The fourth-order valence-corrected chi connectivity index (χ4v) is 3.76. The van der Waals surface area contributed by atoms with Crippen molar-refractivity contribution in [1.29, 1.82) is 0 Å². The van der Waals surface area contributed by atoms with Crippen LogP contribution < -0.4 is 10.1 Å². The Morgan fingerprint density at radius 3 is 2.06 bits per heavy atom. The van der Waals surface area contributed by atoms with E-state index < -0.39 is 0 Å². The first kappa shape index (κ1) is 22.8. The molecule has 1 heterocycles. The number of aryl methyl sites for hydroxylation is 2. The highest BCUT2D eigenvalue weighted by atomic mass is 32.2. The number of carbonyl (C=O) groups excluding carboxylic acids is 1. The zero-order valence-electron chi connectivity index (χ0n) is 18.7. The van der Waals surface area contributed by atoms with Crippen molar-refractivity contribution in [3.8, 4) is 11.5 Å². The topological polar surface area (TPSA) is 64.1 Å². The molecule has 0 radical (unpaired) electrons. The molecule has 2 aromatic carbocycles. The van der Waals surface area contributed by atoms with Crippen molar-refractivity contribution in [3.05, 3.63) is 71.5 Å². The van der Waals surface area contributed by atoms with Crippen LogP contribution in [0.5, 0.6) is 11.5 Å². The number of nitrogens with one attached hydrogen (secondary N) is 1. The van der Waals surface area contributed by atoms with Gasteiger partial charge in [-0.3, -0.25) is 4.79 Å². The molecule has 0 saturated heterocycles. The smallest absolute Gasteiger partial charge is 0.234 e. The minimum Gasteiger partial charge on any atom is -0.457 e. The van der Waals surface area contributed by atoms with E-state index in [4.69, 9.17) is 4.74 Å². The zero-order chi connectivity index (χ0) is 22.4. The summed E-state index contributed by atoms with van der Waals surface area (Å²) in [6.07, 6.45) is 1.08. The summed E-state index contributed by atoms with van der Waals surface area (Å²) >= 11 is 1.33. The molecular formula is C25H29N3O2S. The van der Waals surface area contributed by atoms with Gasteiger partial charge in [0.25, 0.3) is 0 Å². The molecule has 162 valence electrons. The second kappa shape index (κ2) is 9.96. The summed E-state index contributed by atoms with van der Waals surface area (Å²) in [6, 6.07) is 17.5. The van der Waals surface area contributed by atoms with Crippen molar-refractivity contribution in [2.75, 3.05) is 11.1 Å². The molecule has 5 nitrogen and oxygen atoms in total. The third kappa shape index (κ3) is 6.56. The van der Waals surface area contributed by atoms with E-state index in [1.165, 1.54) is 17.3 Å². The summed E-state index contributed by atoms with van der Waals surface area (Å²) in [5.74, 6) is 1.66. The van der Waals surface area contributed by atoms with Gasteiger partial charge in [-0.2, -0.15) is 0 Å². The second-order valence-corrected chi connectivity index (χ2v) is 9.10. The van der Waals surface area contributed by atoms with Crippen LogP contribution in [0.15, 0.2) is 59.8 Å². The maximum absolute atomic E-state index is 12.3. The molecule has 0 aliphatic carbocycles. The first-order valence-corrected chi connectivity index (χ1v) is 11.4. The summed E-state index contributed by atoms with van der Waals surface area (Å²) < 4.78 is 5.93. The second-order valence-electron chi connectivity index (χ2n) is 8.16. The quantitative estimate of drug-likeness (QED) is 0.332. The van der Waals surface area contributed by atoms with Crippen molar-refractivity contribution in [2.45, 2.75) is 51.6 Å². The van der Waals surface area contributed by atoms with Crippen LogP contribution in [-0.2, 0) is 10.2 Å². The molecule has 1 aromatic heterocycles. The van der Waals surface area contributed by atoms with Crippen LogP contribution in [0.2, 0.25) is 0 Å². The maximum atomic E-state index is 12.3. The summed E-state index contributed by atoms with van der Waals surface area (Å²) in [7, 11) is 0. The zero-order valence-corrected chi connectivity index (χ0v) is 19.5. The molecule has 6 heteroatoms. The molecule has 0 spiro atoms. The van der Waals surface area contributed by atoms with Gasteiger partial charge in [-0.05, 0) is 73.7 Å². The van der Waals surface area contributed by atoms with Gasteiger partial charge in [0.1, 0.15) is 11.5 Å². The lowest BCUT2D eigenvalue weighted by atomic mass is 9.82. The van der Waals surface area contributed by atoms with Gasteiger partial charge in [-0.1, -0.05) is 44.7 Å². The van der Waals surface area contributed by atoms with Gasteiger partial charge in [0.15, 0.2) is 5.16 Å². The number of carbonyl (C=O) groups is 1. The van der Waals surface area contributed by atoms with Crippen LogP contribution in [0.4, 0.5) is 5.69 Å². The molecule has 3 aromatic rings. The Kier molecular flexibility index (Phi) is 7.33. The van der Waals surface area contributed by atoms with Gasteiger partial charge >= 0.3 is 0 Å². The number of thioether (sulfide) groups is 1. The van der Waals surface area contributed by atoms with Crippen LogP contribution in [0, 0.1) is 13.8 Å². The van der Waals surface area contributed by atoms with Crippen LogP contribution in [0.25, 0.3) is 0 Å². The van der Waals surface area contributed by atoms with E-state index in [-0.39, 0.29) is 17.1 Å². The molecule has 0 fully saturated rings. The minimum atomic E-state index is -0.101. The van der Waals surface area contributed by atoms with Crippen molar-refractivity contribution >= 4 is 23.4 Å². The summed E-state index contributed by atoms with van der Waals surface area (Å²) in [5, 5.41) is 3.51. The average Bonchev–Trinajstić information content (AvgIpc) is 2.73. The molecule has 3 rings (SSSR count). The Hall–Kier alpha value is -2.86. The lowest BCUT2D eigenvalue weighted by molar-refractivity contribution is -0.113. The largest absolute Gasteiger partial charge is 0.457 e. The molecule has 31 heavy (non-hydrogen) atoms. The monoisotopic (exact) mass is 435 g/mol. The third-order valence-corrected chi connectivity index (χ3v) is 6.03. The Morgan fingerprint density at radius 1 is 0.968 bits per heavy atom. The highest BCUT2D eigenvalue weighted by molar-refractivity contribution is 7.99. The lowest BCUT2D eigenvalue weighted by Gasteiger charge is -2.23. The SMILES string of the molecule is CCC(C)(C)c1ccc(Oc2ccc(NC(=O)CSc3nc(C)cc(C)n3)cc2)cc1. The fraction of sp³-hybridized carbons (Fsp3) is 0.320. The van der Waals surface area contributed by atoms with Crippen molar-refractivity contribution in [2.24, 2.45) is 0 Å². The first-order chi connectivity index (χ1) is 14.7. The van der Waals surface area contributed by atoms with Gasteiger partial charge < -0.3 is 10.1 Å². The number of nitrogens with zero attached hydrogens (tertiary/aromatic N) is 2. The number of benzene rings is 2. The standard InChI is InChI=1S/C25H29N3O2S/c1-6-25(4,5)19-7-11-21(12-8-19)30-22-13-9-20(10-14-22)28-23(29)16-31-24-26-17(2)15-18(3)27-24/h7-15H,6,16H2,1-5H3,(H,28,29). The number of ether oxygens (including phenoxy) is 1. The first-order valence-electron chi connectivity index (χ1n) is 10.4. The van der Waals surface area contributed by atoms with Gasteiger partial charge in [0.05, 0.1) is 5.75 Å². The van der Waals surface area contributed by atoms with Crippen molar-refractivity contribution in [1.82, 2.24) is 9.97 Å². The summed E-state index contributed by atoms with van der Waals surface area (Å²) in [6.45, 7) is 10.5. The van der Waals surface area contributed by atoms with E-state index in [1.807, 2.05) is 56.3 Å². The highest BCUT2D eigenvalue weighted by Crippen LogP contribution is 2.30. The molecule has 1 N–H and O–H groups in total. The number of amides is 1. The van der Waals surface area contributed by atoms with E-state index in [2.05, 4.69) is 48.2 Å². The predicted molar refractivity (Wildman–Crippen MR) is 127 cm³/mol. The van der Waals surface area contributed by atoms with E-state index in [9.17, 15) is 4.79 Å². The number of hydrogen-bond donors (Lipinski definition) is 1. The van der Waals surface area contributed by atoms with Crippen LogP contribution >= 0.6 is 11.8 Å². The van der Waals surface area contributed by atoms with E-state index in [1.54, 1.807) is 0 Å². The summed E-state index contributed by atoms with van der Waals surface area (Å²) in [4.78, 5) is 20.9. The molecule has 0 saturated carbocycles. The van der Waals surface area contributed by atoms with Gasteiger partial charge in [0, 0.05) is 17.1 Å². The molecular weight excluding hydrogens is 406 g/mol. The van der Waals surface area contributed by atoms with Crippen molar-refractivity contribution in [3.63, 3.8) is 0 Å². The number of aromatic nitrogens is 2. The third-order valence-electron chi connectivity index (χ3n) is 5.19. The fourth-order valence-electron chi connectivity index (χ4n) is 3.01. The van der Waals surface area contributed by atoms with Crippen LogP contribution in [-0.4, -0.2) is 21.6 Å². The Labute approximate surface area is 188 Å². The number of anilines is 1. The molecule has 0 bridgehead atoms. The predicted octanol–water partition coefficient (Wildman–Crippen LogP) is 6.30. The Bertz CT molecular complexity index is 1010. The number of rotatable bonds is 8. The highest BCUT2D eigenvalue weighted by Gasteiger charge is 2.17. The number of hydrogen-bond acceptors (Lipinski definition) is 5. The molecule has 0 atom stereocenters. The van der Waals surface area contributed by atoms with Crippen LogP contribution in [0.3, 0.4) is 0 Å². The van der Waals surface area contributed by atoms with Gasteiger partial charge in [0.2, 0.25) is 5.91 Å². The minimum absolute atomic E-state index is 0.101. The normalized spacial score (nSPS) is 11.3. The Balaban J connectivity index is 1.53.